The summed E-state index contributed by atoms with van der Waals surface area (Å²) < 4.78 is 0. The van der Waals surface area contributed by atoms with Crippen LogP contribution in [0.25, 0.3) is 0 Å². The molecule has 1 aliphatic carbocycles. The van der Waals surface area contributed by atoms with Gasteiger partial charge in [-0.15, -0.1) is 12.4 Å². The zero-order valence-corrected chi connectivity index (χ0v) is 13.2. The molecule has 1 amide bonds. The second-order valence-electron chi connectivity index (χ2n) is 6.25. The van der Waals surface area contributed by atoms with Gasteiger partial charge in [-0.3, -0.25) is 4.79 Å². The molecule has 2 rings (SSSR count). The summed E-state index contributed by atoms with van der Waals surface area (Å²) in [6.45, 7) is 6.13. The third-order valence-electron chi connectivity index (χ3n) is 4.32. The van der Waals surface area contributed by atoms with Crippen LogP contribution in [-0.4, -0.2) is 36.0 Å². The van der Waals surface area contributed by atoms with E-state index in [4.69, 9.17) is 0 Å². The van der Waals surface area contributed by atoms with Crippen molar-refractivity contribution in [2.45, 2.75) is 70.9 Å². The van der Waals surface area contributed by atoms with E-state index in [1.54, 1.807) is 0 Å². The van der Waals surface area contributed by atoms with Crippen LogP contribution < -0.4 is 5.32 Å². The molecule has 1 aliphatic heterocycles. The maximum Gasteiger partial charge on any atom is 0.225 e. The highest BCUT2D eigenvalue weighted by Gasteiger charge is 2.29. The first-order chi connectivity index (χ1) is 8.66. The van der Waals surface area contributed by atoms with Gasteiger partial charge in [-0.25, -0.2) is 0 Å². The van der Waals surface area contributed by atoms with Gasteiger partial charge in [-0.1, -0.05) is 32.1 Å². The van der Waals surface area contributed by atoms with Gasteiger partial charge in [-0.05, 0) is 26.7 Å². The zero-order valence-electron chi connectivity index (χ0n) is 12.4. The summed E-state index contributed by atoms with van der Waals surface area (Å²) in [7, 11) is 0. The number of amides is 1. The van der Waals surface area contributed by atoms with Crippen molar-refractivity contribution in [3.05, 3.63) is 0 Å². The highest BCUT2D eigenvalue weighted by atomic mass is 35.5. The molecule has 0 aromatic carbocycles. The van der Waals surface area contributed by atoms with Gasteiger partial charge in [0.1, 0.15) is 0 Å². The van der Waals surface area contributed by atoms with Gasteiger partial charge in [-0.2, -0.15) is 0 Å². The molecule has 2 fully saturated rings. The number of carbonyl (C=O) groups excluding carboxylic acids is 1. The average Bonchev–Trinajstić information content (AvgIpc) is 2.26. The summed E-state index contributed by atoms with van der Waals surface area (Å²) in [5, 5.41) is 3.50. The SMILES string of the molecule is CC1CN(C(=O)C2CCCCCCC2)CC(C)N1.Cl. The van der Waals surface area contributed by atoms with Gasteiger partial charge in [0.25, 0.3) is 0 Å². The van der Waals surface area contributed by atoms with Crippen molar-refractivity contribution in [3.63, 3.8) is 0 Å². The van der Waals surface area contributed by atoms with Crippen LogP contribution in [0.5, 0.6) is 0 Å². The van der Waals surface area contributed by atoms with E-state index in [0.717, 1.165) is 25.9 Å². The summed E-state index contributed by atoms with van der Waals surface area (Å²) in [4.78, 5) is 14.7. The number of hydrogen-bond donors (Lipinski definition) is 1. The van der Waals surface area contributed by atoms with Crippen LogP contribution in [-0.2, 0) is 4.79 Å². The smallest absolute Gasteiger partial charge is 0.225 e. The van der Waals surface area contributed by atoms with Crippen LogP contribution in [0.1, 0.15) is 58.8 Å². The summed E-state index contributed by atoms with van der Waals surface area (Å²) in [5.41, 5.74) is 0. The molecule has 2 unspecified atom stereocenters. The Labute approximate surface area is 123 Å². The minimum atomic E-state index is 0. The lowest BCUT2D eigenvalue weighted by Crippen LogP contribution is -2.56. The first-order valence-corrected chi connectivity index (χ1v) is 7.71. The predicted molar refractivity (Wildman–Crippen MR) is 81.7 cm³/mol. The maximum absolute atomic E-state index is 12.6. The van der Waals surface area contributed by atoms with Crippen LogP contribution in [0.15, 0.2) is 0 Å². The van der Waals surface area contributed by atoms with Crippen molar-refractivity contribution in [2.24, 2.45) is 5.92 Å². The molecule has 112 valence electrons. The summed E-state index contributed by atoms with van der Waals surface area (Å²) in [6, 6.07) is 0.873. The number of carbonyl (C=O) groups is 1. The normalized spacial score (nSPS) is 30.1. The van der Waals surface area contributed by atoms with E-state index in [9.17, 15) is 4.79 Å². The lowest BCUT2D eigenvalue weighted by molar-refractivity contribution is -0.138. The van der Waals surface area contributed by atoms with Crippen LogP contribution in [0.3, 0.4) is 0 Å². The standard InChI is InChI=1S/C15H28N2O.ClH/c1-12-10-17(11-13(2)16-12)15(18)14-8-6-4-3-5-7-9-14;/h12-14,16H,3-11H2,1-2H3;1H. The number of hydrogen-bond acceptors (Lipinski definition) is 2. The minimum absolute atomic E-state index is 0. The molecule has 0 bridgehead atoms. The second kappa shape index (κ2) is 8.11. The first kappa shape index (κ1) is 16.8. The lowest BCUT2D eigenvalue weighted by Gasteiger charge is -2.38. The summed E-state index contributed by atoms with van der Waals surface area (Å²) in [6.07, 6.45) is 8.72. The number of halogens is 1. The molecule has 19 heavy (non-hydrogen) atoms. The van der Waals surface area contributed by atoms with E-state index >= 15 is 0 Å². The summed E-state index contributed by atoms with van der Waals surface area (Å²) >= 11 is 0. The van der Waals surface area contributed by atoms with Gasteiger partial charge in [0.2, 0.25) is 5.91 Å². The van der Waals surface area contributed by atoms with Gasteiger partial charge in [0.15, 0.2) is 0 Å². The molecule has 4 heteroatoms. The Morgan fingerprint density at radius 2 is 1.42 bits per heavy atom. The molecule has 0 aromatic rings. The number of piperazine rings is 1. The molecule has 1 heterocycles. The Morgan fingerprint density at radius 1 is 0.947 bits per heavy atom. The maximum atomic E-state index is 12.6. The van der Waals surface area contributed by atoms with Crippen molar-refractivity contribution in [1.29, 1.82) is 0 Å². The van der Waals surface area contributed by atoms with Crippen LogP contribution in [0, 0.1) is 5.92 Å². The van der Waals surface area contributed by atoms with Crippen molar-refractivity contribution in [3.8, 4) is 0 Å². The molecular formula is C15H29ClN2O. The highest BCUT2D eigenvalue weighted by molar-refractivity contribution is 5.85. The van der Waals surface area contributed by atoms with Gasteiger partial charge in [0, 0.05) is 31.1 Å². The molecule has 1 saturated heterocycles. The topological polar surface area (TPSA) is 32.3 Å². The van der Waals surface area contributed by atoms with Gasteiger partial charge >= 0.3 is 0 Å². The van der Waals surface area contributed by atoms with Crippen molar-refractivity contribution in [2.75, 3.05) is 13.1 Å². The average molecular weight is 289 g/mol. The Kier molecular flexibility index (Phi) is 7.16. The van der Waals surface area contributed by atoms with E-state index in [1.165, 1.54) is 32.1 Å². The summed E-state index contributed by atoms with van der Waals surface area (Å²) in [5.74, 6) is 0.736. The molecular weight excluding hydrogens is 260 g/mol. The van der Waals surface area contributed by atoms with E-state index < -0.39 is 0 Å². The Bertz CT molecular complexity index is 267. The van der Waals surface area contributed by atoms with Crippen molar-refractivity contribution in [1.82, 2.24) is 10.2 Å². The lowest BCUT2D eigenvalue weighted by atomic mass is 9.89. The number of rotatable bonds is 1. The Balaban J connectivity index is 0.00000180. The molecule has 0 aromatic heterocycles. The van der Waals surface area contributed by atoms with E-state index in [-0.39, 0.29) is 12.4 Å². The zero-order chi connectivity index (χ0) is 13.0. The fraction of sp³-hybridized carbons (Fsp3) is 0.933. The Hall–Kier alpha value is -0.280. The van der Waals surface area contributed by atoms with Crippen LogP contribution in [0.4, 0.5) is 0 Å². The quantitative estimate of drug-likeness (QED) is 0.804. The van der Waals surface area contributed by atoms with E-state index in [1.807, 2.05) is 0 Å². The Morgan fingerprint density at radius 3 is 1.95 bits per heavy atom. The minimum Gasteiger partial charge on any atom is -0.339 e. The van der Waals surface area contributed by atoms with E-state index in [2.05, 4.69) is 24.1 Å². The molecule has 0 radical (unpaired) electrons. The largest absolute Gasteiger partial charge is 0.339 e. The van der Waals surface area contributed by atoms with Crippen LogP contribution >= 0.6 is 12.4 Å². The third kappa shape index (κ3) is 4.96. The molecule has 2 atom stereocenters. The predicted octanol–water partition coefficient (Wildman–Crippen LogP) is 2.98. The first-order valence-electron chi connectivity index (χ1n) is 7.71. The molecule has 1 saturated carbocycles. The molecule has 2 aliphatic rings. The monoisotopic (exact) mass is 288 g/mol. The van der Waals surface area contributed by atoms with Crippen molar-refractivity contribution < 1.29 is 4.79 Å². The van der Waals surface area contributed by atoms with E-state index in [0.29, 0.717) is 23.9 Å². The molecule has 0 spiro atoms. The fourth-order valence-electron chi connectivity index (χ4n) is 3.47. The number of nitrogens with one attached hydrogen (secondary N) is 1. The second-order valence-corrected chi connectivity index (χ2v) is 6.25. The fourth-order valence-corrected chi connectivity index (χ4v) is 3.47. The van der Waals surface area contributed by atoms with Crippen molar-refractivity contribution >= 4 is 18.3 Å². The van der Waals surface area contributed by atoms with Crippen LogP contribution in [0.2, 0.25) is 0 Å². The highest BCUT2D eigenvalue weighted by Crippen LogP contribution is 2.24. The molecule has 1 N–H and O–H groups in total. The number of nitrogens with zero attached hydrogens (tertiary/aromatic N) is 1. The third-order valence-corrected chi connectivity index (χ3v) is 4.32. The van der Waals surface area contributed by atoms with Gasteiger partial charge in [0.05, 0.1) is 0 Å². The molecule has 3 nitrogen and oxygen atoms in total. The van der Waals surface area contributed by atoms with Gasteiger partial charge < -0.3 is 10.2 Å².